The number of hydrogen-bond acceptors (Lipinski definition) is 1. The monoisotopic (exact) mass is 240 g/mol. The molecule has 0 saturated heterocycles. The Balaban J connectivity index is 2.98. The molecule has 0 aliphatic rings. The van der Waals surface area contributed by atoms with Gasteiger partial charge in [-0.05, 0) is 11.1 Å². The maximum absolute atomic E-state index is 10.4. The van der Waals surface area contributed by atoms with Crippen molar-refractivity contribution < 1.29 is 9.90 Å². The summed E-state index contributed by atoms with van der Waals surface area (Å²) in [5, 5.41) is 9.12. The number of rotatable bonds is 3. The molecule has 1 aromatic rings. The van der Waals surface area contributed by atoms with Gasteiger partial charge in [0, 0.05) is 11.4 Å². The molecule has 0 aliphatic carbocycles. The van der Waals surface area contributed by atoms with Crippen LogP contribution in [0, 0.1) is 0 Å². The third-order valence-electron chi connectivity index (χ3n) is 1.59. The van der Waals surface area contributed by atoms with Crippen LogP contribution in [0.5, 0.6) is 0 Å². The first-order valence-electron chi connectivity index (χ1n) is 3.79. The molecular formula is C10H9BrO2. The van der Waals surface area contributed by atoms with Crippen LogP contribution in [0.1, 0.15) is 5.56 Å². The van der Waals surface area contributed by atoms with Crippen LogP contribution < -0.4 is 0 Å². The zero-order valence-corrected chi connectivity index (χ0v) is 8.49. The number of carbonyl (C=O) groups is 1. The van der Waals surface area contributed by atoms with Gasteiger partial charge >= 0.3 is 5.97 Å². The number of halogens is 1. The molecule has 0 radical (unpaired) electrons. The van der Waals surface area contributed by atoms with Crippen LogP contribution in [0.4, 0.5) is 0 Å². The molecule has 0 saturated carbocycles. The van der Waals surface area contributed by atoms with Crippen molar-refractivity contribution in [3.05, 3.63) is 42.0 Å². The topological polar surface area (TPSA) is 37.3 Å². The maximum atomic E-state index is 10.4. The van der Waals surface area contributed by atoms with Crippen LogP contribution in [-0.4, -0.2) is 16.4 Å². The summed E-state index contributed by atoms with van der Waals surface area (Å²) in [7, 11) is 0. The van der Waals surface area contributed by atoms with Gasteiger partial charge in [-0.1, -0.05) is 46.3 Å². The van der Waals surface area contributed by atoms with Gasteiger partial charge < -0.3 is 5.11 Å². The first kappa shape index (κ1) is 9.99. The Morgan fingerprint density at radius 2 is 2.00 bits per heavy atom. The highest BCUT2D eigenvalue weighted by Crippen LogP contribution is 2.15. The maximum Gasteiger partial charge on any atom is 0.328 e. The number of carboxylic acid groups (broad SMARTS) is 1. The van der Waals surface area contributed by atoms with E-state index in [1.54, 1.807) is 0 Å². The number of aliphatic carboxylic acids is 1. The number of allylic oxidation sites excluding steroid dienone is 1. The highest BCUT2D eigenvalue weighted by atomic mass is 79.9. The molecule has 1 aromatic carbocycles. The van der Waals surface area contributed by atoms with Gasteiger partial charge in [0.15, 0.2) is 0 Å². The van der Waals surface area contributed by atoms with E-state index >= 15 is 0 Å². The second-order valence-electron chi connectivity index (χ2n) is 2.51. The highest BCUT2D eigenvalue weighted by Gasteiger charge is 2.00. The minimum Gasteiger partial charge on any atom is -0.478 e. The van der Waals surface area contributed by atoms with Crippen LogP contribution in [0.3, 0.4) is 0 Å². The molecule has 68 valence electrons. The zero-order valence-electron chi connectivity index (χ0n) is 6.90. The van der Waals surface area contributed by atoms with E-state index in [0.717, 1.165) is 11.1 Å². The fourth-order valence-electron chi connectivity index (χ4n) is 1.00. The van der Waals surface area contributed by atoms with Gasteiger partial charge in [0.25, 0.3) is 0 Å². The Hall–Kier alpha value is -1.09. The van der Waals surface area contributed by atoms with E-state index in [9.17, 15) is 4.79 Å². The molecule has 0 bridgehead atoms. The fraction of sp³-hybridized carbons (Fsp3) is 0.100. The molecule has 0 heterocycles. The Morgan fingerprint density at radius 1 is 1.38 bits per heavy atom. The Morgan fingerprint density at radius 3 is 2.46 bits per heavy atom. The van der Waals surface area contributed by atoms with E-state index in [1.807, 2.05) is 30.3 Å². The standard InChI is InChI=1S/C10H9BrO2/c11-7-9(6-10(12)13)8-4-2-1-3-5-8/h1-6H,7H2,(H,12,13)/b9-6-. The molecule has 0 amide bonds. The molecule has 13 heavy (non-hydrogen) atoms. The molecule has 1 N–H and O–H groups in total. The number of alkyl halides is 1. The average molecular weight is 241 g/mol. The lowest BCUT2D eigenvalue weighted by Gasteiger charge is -2.01. The number of benzene rings is 1. The van der Waals surface area contributed by atoms with Crippen LogP contribution in [-0.2, 0) is 4.79 Å². The lowest BCUT2D eigenvalue weighted by atomic mass is 10.1. The van der Waals surface area contributed by atoms with E-state index in [0.29, 0.717) is 5.33 Å². The summed E-state index contributed by atoms with van der Waals surface area (Å²) in [6.45, 7) is 0. The van der Waals surface area contributed by atoms with Gasteiger partial charge in [0.2, 0.25) is 0 Å². The van der Waals surface area contributed by atoms with Crippen molar-refractivity contribution in [3.8, 4) is 0 Å². The molecule has 0 aliphatic heterocycles. The van der Waals surface area contributed by atoms with Crippen molar-refractivity contribution in [3.63, 3.8) is 0 Å². The molecule has 0 spiro atoms. The average Bonchev–Trinajstić information content (AvgIpc) is 2.15. The fourth-order valence-corrected chi connectivity index (χ4v) is 1.49. The van der Waals surface area contributed by atoms with Crippen LogP contribution in [0.15, 0.2) is 36.4 Å². The molecule has 0 fully saturated rings. The van der Waals surface area contributed by atoms with Gasteiger partial charge in [-0.15, -0.1) is 0 Å². The quantitative estimate of drug-likeness (QED) is 0.652. The van der Waals surface area contributed by atoms with Crippen LogP contribution in [0.25, 0.3) is 5.57 Å². The number of hydrogen-bond donors (Lipinski definition) is 1. The summed E-state index contributed by atoms with van der Waals surface area (Å²) >= 11 is 3.25. The SMILES string of the molecule is O=C(O)/C=C(/CBr)c1ccccc1. The second-order valence-corrected chi connectivity index (χ2v) is 3.07. The van der Waals surface area contributed by atoms with E-state index in [1.165, 1.54) is 6.08 Å². The molecule has 0 atom stereocenters. The first-order valence-corrected chi connectivity index (χ1v) is 4.91. The lowest BCUT2D eigenvalue weighted by molar-refractivity contribution is -0.131. The van der Waals surface area contributed by atoms with Gasteiger partial charge in [-0.3, -0.25) is 0 Å². The van der Waals surface area contributed by atoms with Crippen molar-refractivity contribution in [2.45, 2.75) is 0 Å². The third kappa shape index (κ3) is 3.03. The van der Waals surface area contributed by atoms with E-state index in [4.69, 9.17) is 5.11 Å². The van der Waals surface area contributed by atoms with Gasteiger partial charge in [-0.2, -0.15) is 0 Å². The minimum atomic E-state index is -0.918. The summed E-state index contributed by atoms with van der Waals surface area (Å²) in [5.41, 5.74) is 1.70. The highest BCUT2D eigenvalue weighted by molar-refractivity contribution is 9.09. The molecule has 3 heteroatoms. The zero-order chi connectivity index (χ0) is 9.68. The van der Waals surface area contributed by atoms with Crippen molar-refractivity contribution in [2.75, 3.05) is 5.33 Å². The number of carboxylic acids is 1. The normalized spacial score (nSPS) is 11.3. The summed E-state index contributed by atoms with van der Waals surface area (Å²) in [6, 6.07) is 9.43. The Bertz CT molecular complexity index is 317. The van der Waals surface area contributed by atoms with Gasteiger partial charge in [0.1, 0.15) is 0 Å². The summed E-state index contributed by atoms with van der Waals surface area (Å²) in [5.74, 6) is -0.918. The van der Waals surface area contributed by atoms with Crippen molar-refractivity contribution >= 4 is 27.5 Å². The molecule has 0 unspecified atom stereocenters. The van der Waals surface area contributed by atoms with E-state index in [2.05, 4.69) is 15.9 Å². The van der Waals surface area contributed by atoms with Gasteiger partial charge in [-0.25, -0.2) is 4.79 Å². The predicted molar refractivity (Wildman–Crippen MR) is 55.8 cm³/mol. The van der Waals surface area contributed by atoms with E-state index < -0.39 is 5.97 Å². The smallest absolute Gasteiger partial charge is 0.328 e. The van der Waals surface area contributed by atoms with Crippen LogP contribution in [0.2, 0.25) is 0 Å². The predicted octanol–water partition coefficient (Wildman–Crippen LogP) is 2.55. The minimum absolute atomic E-state index is 0.545. The molecular weight excluding hydrogens is 232 g/mol. The second kappa shape index (κ2) is 4.82. The molecule has 1 rings (SSSR count). The summed E-state index contributed by atoms with van der Waals surface area (Å²) in [6.07, 6.45) is 1.21. The third-order valence-corrected chi connectivity index (χ3v) is 2.19. The van der Waals surface area contributed by atoms with Crippen molar-refractivity contribution in [2.24, 2.45) is 0 Å². The largest absolute Gasteiger partial charge is 0.478 e. The van der Waals surface area contributed by atoms with Gasteiger partial charge in [0.05, 0.1) is 0 Å². The first-order chi connectivity index (χ1) is 6.24. The van der Waals surface area contributed by atoms with Crippen LogP contribution >= 0.6 is 15.9 Å². The van der Waals surface area contributed by atoms with Crippen molar-refractivity contribution in [1.82, 2.24) is 0 Å². The summed E-state index contributed by atoms with van der Waals surface area (Å²) < 4.78 is 0. The molecule has 0 aromatic heterocycles. The van der Waals surface area contributed by atoms with Crippen molar-refractivity contribution in [1.29, 1.82) is 0 Å². The molecule has 2 nitrogen and oxygen atoms in total. The Labute approximate surface area is 85.0 Å². The summed E-state index contributed by atoms with van der Waals surface area (Å²) in [4.78, 5) is 10.4. The lowest BCUT2D eigenvalue weighted by Crippen LogP contribution is -1.93. The Kier molecular flexibility index (Phi) is 3.71. The van der Waals surface area contributed by atoms with E-state index in [-0.39, 0.29) is 0 Å².